The second kappa shape index (κ2) is 9.26. The van der Waals surface area contributed by atoms with Crippen LogP contribution in [0.25, 0.3) is 5.76 Å². The second-order valence-electron chi connectivity index (χ2n) is 8.13. The van der Waals surface area contributed by atoms with Crippen LogP contribution in [0.2, 0.25) is 5.02 Å². The number of hydrazine groups is 2. The lowest BCUT2D eigenvalue weighted by atomic mass is 9.94. The number of halogens is 2. The van der Waals surface area contributed by atoms with Crippen LogP contribution in [0.1, 0.15) is 30.4 Å². The van der Waals surface area contributed by atoms with E-state index in [1.165, 1.54) is 18.4 Å². The number of piperidine rings is 1. The Kier molecular flexibility index (Phi) is 6.02. The summed E-state index contributed by atoms with van der Waals surface area (Å²) in [6.45, 7) is 0.729. The van der Waals surface area contributed by atoms with Gasteiger partial charge >= 0.3 is 5.91 Å². The van der Waals surface area contributed by atoms with Crippen molar-refractivity contribution in [3.63, 3.8) is 0 Å². The molecule has 1 fully saturated rings. The topological polar surface area (TPSA) is 108 Å². The van der Waals surface area contributed by atoms with Gasteiger partial charge in [0.25, 0.3) is 0 Å². The van der Waals surface area contributed by atoms with E-state index in [1.807, 2.05) is 5.01 Å². The molecule has 1 saturated heterocycles. The first-order valence-corrected chi connectivity index (χ1v) is 11.1. The van der Waals surface area contributed by atoms with E-state index in [1.54, 1.807) is 46.7 Å². The van der Waals surface area contributed by atoms with Crippen molar-refractivity contribution < 1.29 is 18.5 Å². The minimum Gasteiger partial charge on any atom is -0.460 e. The van der Waals surface area contributed by atoms with Gasteiger partial charge in [-0.15, -0.1) is 10.1 Å². The van der Waals surface area contributed by atoms with Crippen LogP contribution in [0.4, 0.5) is 4.39 Å². The number of hydrazone groups is 1. The lowest BCUT2D eigenvalue weighted by molar-refractivity contribution is -0.380. The molecule has 4 aliphatic rings. The van der Waals surface area contributed by atoms with Crippen LogP contribution in [-0.2, 0) is 9.53 Å². The highest BCUT2D eigenvalue weighted by Gasteiger charge is 2.31. The molecule has 4 aliphatic heterocycles. The Morgan fingerprint density at radius 1 is 1.41 bits per heavy atom. The summed E-state index contributed by atoms with van der Waals surface area (Å²) in [4.78, 5) is 14.7. The largest absolute Gasteiger partial charge is 0.460 e. The smallest absolute Gasteiger partial charge is 0.392 e. The van der Waals surface area contributed by atoms with Crippen molar-refractivity contribution in [2.75, 3.05) is 6.54 Å². The average molecular weight is 484 g/mol. The lowest BCUT2D eigenvalue weighted by Crippen LogP contribution is -2.54. The molecule has 0 aliphatic carbocycles. The summed E-state index contributed by atoms with van der Waals surface area (Å²) in [5.74, 6) is -0.112. The molecule has 12 heteroatoms. The molecule has 0 spiro atoms. The van der Waals surface area contributed by atoms with Crippen molar-refractivity contribution >= 4 is 35.8 Å². The SMILES string of the molecule is N#Cc1c(F)ccc(C2=CN3C=C[N+](C(=O)C[C@@H]4CCC(N5C=NNN5)NC4)=CC3=CO2)c1Cl. The predicted octanol–water partition coefficient (Wildman–Crippen LogP) is 1.90. The van der Waals surface area contributed by atoms with Crippen LogP contribution in [0.3, 0.4) is 0 Å². The summed E-state index contributed by atoms with van der Waals surface area (Å²) < 4.78 is 21.0. The van der Waals surface area contributed by atoms with Crippen molar-refractivity contribution in [1.82, 2.24) is 26.3 Å². The Morgan fingerprint density at radius 2 is 2.29 bits per heavy atom. The van der Waals surface area contributed by atoms with Gasteiger partial charge in [-0.05, 0) is 30.9 Å². The van der Waals surface area contributed by atoms with Gasteiger partial charge < -0.3 is 9.64 Å². The number of ether oxygens (including phenoxy) is 1. The molecule has 1 amide bonds. The number of nitrogens with zero attached hydrogens (tertiary/aromatic N) is 5. The van der Waals surface area contributed by atoms with E-state index >= 15 is 0 Å². The van der Waals surface area contributed by atoms with Gasteiger partial charge in [-0.1, -0.05) is 11.6 Å². The molecule has 5 rings (SSSR count). The van der Waals surface area contributed by atoms with Gasteiger partial charge in [-0.3, -0.25) is 10.3 Å². The second-order valence-corrected chi connectivity index (χ2v) is 8.51. The van der Waals surface area contributed by atoms with Gasteiger partial charge in [-0.25, -0.2) is 14.7 Å². The maximum absolute atomic E-state index is 13.8. The first-order valence-electron chi connectivity index (χ1n) is 10.7. The molecule has 174 valence electrons. The zero-order valence-corrected chi connectivity index (χ0v) is 18.7. The van der Waals surface area contributed by atoms with Gasteiger partial charge in [0.05, 0.1) is 30.0 Å². The summed E-state index contributed by atoms with van der Waals surface area (Å²) in [5, 5.41) is 18.3. The summed E-state index contributed by atoms with van der Waals surface area (Å²) >= 11 is 6.20. The maximum atomic E-state index is 13.8. The number of allylic oxidation sites excluding steroid dienone is 1. The molecule has 0 bridgehead atoms. The summed E-state index contributed by atoms with van der Waals surface area (Å²) in [5.41, 5.74) is 6.41. The number of benzene rings is 1. The number of nitrogens with one attached hydrogen (secondary N) is 3. The Labute approximate surface area is 199 Å². The monoisotopic (exact) mass is 483 g/mol. The van der Waals surface area contributed by atoms with Gasteiger partial charge in [0.1, 0.15) is 35.7 Å². The molecule has 0 saturated carbocycles. The van der Waals surface area contributed by atoms with Gasteiger partial charge in [0, 0.05) is 12.1 Å². The number of rotatable bonds is 4. The third kappa shape index (κ3) is 4.26. The van der Waals surface area contributed by atoms with Gasteiger partial charge in [0.15, 0.2) is 12.0 Å². The molecule has 0 aromatic heterocycles. The van der Waals surface area contributed by atoms with Crippen LogP contribution in [-0.4, -0.2) is 45.7 Å². The van der Waals surface area contributed by atoms with E-state index < -0.39 is 5.82 Å². The van der Waals surface area contributed by atoms with Gasteiger partial charge in [0.2, 0.25) is 6.21 Å². The summed E-state index contributed by atoms with van der Waals surface area (Å²) in [7, 11) is 0. The molecule has 3 N–H and O–H groups in total. The van der Waals surface area contributed by atoms with E-state index in [2.05, 4.69) is 21.5 Å². The third-order valence-electron chi connectivity index (χ3n) is 5.99. The summed E-state index contributed by atoms with van der Waals surface area (Å²) in [6, 6.07) is 4.40. The molecule has 1 aromatic carbocycles. The first kappa shape index (κ1) is 22.1. The fourth-order valence-electron chi connectivity index (χ4n) is 4.13. The van der Waals surface area contributed by atoms with Crippen molar-refractivity contribution in [2.24, 2.45) is 11.0 Å². The molecular weight excluding hydrogens is 463 g/mol. The first-order chi connectivity index (χ1) is 16.5. The van der Waals surface area contributed by atoms with Gasteiger partial charge in [-0.2, -0.15) is 10.4 Å². The Balaban J connectivity index is 1.21. The number of fused-ring (bicyclic) bond motifs is 1. The fourth-order valence-corrected chi connectivity index (χ4v) is 4.42. The number of carbonyl (C=O) groups is 1. The highest BCUT2D eigenvalue weighted by Crippen LogP contribution is 2.33. The number of hydrogen-bond donors (Lipinski definition) is 3. The highest BCUT2D eigenvalue weighted by molar-refractivity contribution is 6.33. The van der Waals surface area contributed by atoms with Crippen LogP contribution in [0.5, 0.6) is 0 Å². The van der Waals surface area contributed by atoms with E-state index in [9.17, 15) is 9.18 Å². The number of amides is 1. The highest BCUT2D eigenvalue weighted by atomic mass is 35.5. The molecular formula is C22H21ClFN8O2+. The van der Waals surface area contributed by atoms with E-state index in [4.69, 9.17) is 21.6 Å². The number of carbonyl (C=O) groups excluding carboxylic acids is 1. The van der Waals surface area contributed by atoms with Crippen molar-refractivity contribution in [1.29, 1.82) is 5.26 Å². The van der Waals surface area contributed by atoms with Crippen molar-refractivity contribution in [3.05, 3.63) is 64.7 Å². The van der Waals surface area contributed by atoms with Crippen LogP contribution in [0, 0.1) is 23.1 Å². The molecule has 0 radical (unpaired) electrons. The molecule has 1 unspecified atom stereocenters. The van der Waals surface area contributed by atoms with Crippen molar-refractivity contribution in [2.45, 2.75) is 25.4 Å². The normalized spacial score (nSPS) is 23.3. The standard InChI is InChI=1S/C22H21ClFN8O2/c23-22-16(2-3-18(24)17(22)8-25)19-11-30-5-6-31(10-15(30)12-34-19)21(33)7-14-1-4-20(26-9-14)32-13-27-28-29-32/h2-3,5-6,10-14,20,26,28-29H,1,4,7,9H2/q+1/t14-,20?/m0/s1. The molecule has 34 heavy (non-hydrogen) atoms. The molecule has 10 nitrogen and oxygen atoms in total. The Hall–Kier alpha value is -3.72. The average Bonchev–Trinajstić information content (AvgIpc) is 3.39. The minimum absolute atomic E-state index is 0.0141. The minimum atomic E-state index is -0.688. The number of hydrogen-bond acceptors (Lipinski definition) is 9. The lowest BCUT2D eigenvalue weighted by Gasteiger charge is -2.33. The van der Waals surface area contributed by atoms with E-state index in [-0.39, 0.29) is 28.6 Å². The molecule has 1 aromatic rings. The maximum Gasteiger partial charge on any atom is 0.392 e. The van der Waals surface area contributed by atoms with Crippen LogP contribution < -0.4 is 16.4 Å². The fraction of sp³-hybridized carbons (Fsp3) is 0.273. The zero-order valence-electron chi connectivity index (χ0n) is 17.9. The van der Waals surface area contributed by atoms with Crippen LogP contribution in [0.15, 0.2) is 47.8 Å². The third-order valence-corrected chi connectivity index (χ3v) is 6.38. The Morgan fingerprint density at radius 3 is 3.03 bits per heavy atom. The summed E-state index contributed by atoms with van der Waals surface area (Å²) in [6.07, 6.45) is 12.3. The number of nitriles is 1. The molecule has 2 atom stereocenters. The van der Waals surface area contributed by atoms with Crippen molar-refractivity contribution in [3.8, 4) is 6.07 Å². The zero-order chi connectivity index (χ0) is 23.7. The van der Waals surface area contributed by atoms with Crippen LogP contribution >= 0.6 is 11.6 Å². The predicted molar refractivity (Wildman–Crippen MR) is 121 cm³/mol. The quantitative estimate of drug-likeness (QED) is 0.557. The molecule has 4 heterocycles. The van der Waals surface area contributed by atoms with E-state index in [0.717, 1.165) is 19.4 Å². The van der Waals surface area contributed by atoms with E-state index in [0.29, 0.717) is 23.4 Å². The Bertz CT molecular complexity index is 1210.